The molecule has 20 heavy (non-hydrogen) atoms. The van der Waals surface area contributed by atoms with Crippen LogP contribution >= 0.6 is 0 Å². The summed E-state index contributed by atoms with van der Waals surface area (Å²) in [5.41, 5.74) is 2.57. The number of ether oxygens (including phenoxy) is 1. The van der Waals surface area contributed by atoms with E-state index in [0.29, 0.717) is 12.5 Å². The lowest BCUT2D eigenvalue weighted by molar-refractivity contribution is 0.0989. The molecule has 0 aliphatic carbocycles. The molecule has 3 nitrogen and oxygen atoms in total. The van der Waals surface area contributed by atoms with Crippen molar-refractivity contribution in [1.29, 1.82) is 0 Å². The smallest absolute Gasteiger partial charge is 0.122 e. The fourth-order valence-electron chi connectivity index (χ4n) is 2.89. The second-order valence-electron chi connectivity index (χ2n) is 5.74. The molecule has 2 unspecified atom stereocenters. The number of fused-ring (bicyclic) bond motifs is 1. The van der Waals surface area contributed by atoms with Crippen molar-refractivity contribution < 1.29 is 9.84 Å². The van der Waals surface area contributed by atoms with Crippen molar-refractivity contribution in [3.05, 3.63) is 29.3 Å². The summed E-state index contributed by atoms with van der Waals surface area (Å²) in [6, 6.07) is 6.66. The zero-order chi connectivity index (χ0) is 14.5. The fourth-order valence-corrected chi connectivity index (χ4v) is 2.89. The highest BCUT2D eigenvalue weighted by molar-refractivity contribution is 5.40. The Morgan fingerprint density at radius 2 is 2.05 bits per heavy atom. The quantitative estimate of drug-likeness (QED) is 0.805. The standard InChI is InChI=1S/C17H27NO2/c1-4-13(5-2)16(19)11-18-12(3)14-6-7-17-15(10-14)8-9-20-17/h6-7,10,12-13,16,18-19H,4-5,8-9,11H2,1-3H3. The molecule has 1 aliphatic heterocycles. The minimum Gasteiger partial charge on any atom is -0.493 e. The maximum Gasteiger partial charge on any atom is 0.122 e. The highest BCUT2D eigenvalue weighted by Gasteiger charge is 2.18. The van der Waals surface area contributed by atoms with Crippen LogP contribution in [0.5, 0.6) is 5.75 Å². The molecule has 1 aliphatic rings. The molecule has 0 spiro atoms. The van der Waals surface area contributed by atoms with E-state index in [0.717, 1.165) is 31.6 Å². The van der Waals surface area contributed by atoms with E-state index in [1.54, 1.807) is 0 Å². The van der Waals surface area contributed by atoms with Crippen molar-refractivity contribution in [2.45, 2.75) is 52.2 Å². The summed E-state index contributed by atoms with van der Waals surface area (Å²) in [4.78, 5) is 0. The van der Waals surface area contributed by atoms with Crippen LogP contribution in [0.25, 0.3) is 0 Å². The molecule has 0 aromatic heterocycles. The van der Waals surface area contributed by atoms with Crippen LogP contribution in [0.3, 0.4) is 0 Å². The van der Waals surface area contributed by atoms with Crippen molar-refractivity contribution in [1.82, 2.24) is 5.32 Å². The van der Waals surface area contributed by atoms with Crippen LogP contribution in [0, 0.1) is 5.92 Å². The summed E-state index contributed by atoms with van der Waals surface area (Å²) in [6.45, 7) is 7.88. The molecule has 1 aromatic carbocycles. The van der Waals surface area contributed by atoms with Crippen LogP contribution in [-0.4, -0.2) is 24.4 Å². The number of benzene rings is 1. The van der Waals surface area contributed by atoms with Gasteiger partial charge in [-0.3, -0.25) is 0 Å². The largest absolute Gasteiger partial charge is 0.493 e. The van der Waals surface area contributed by atoms with Crippen LogP contribution < -0.4 is 10.1 Å². The summed E-state index contributed by atoms with van der Waals surface area (Å²) in [5.74, 6) is 1.42. The van der Waals surface area contributed by atoms with Crippen molar-refractivity contribution in [3.63, 3.8) is 0 Å². The van der Waals surface area contributed by atoms with E-state index in [1.807, 2.05) is 0 Å². The Kier molecular flexibility index (Phi) is 5.44. The predicted octanol–water partition coefficient (Wildman–Crippen LogP) is 3.07. The van der Waals surface area contributed by atoms with E-state index < -0.39 is 0 Å². The zero-order valence-electron chi connectivity index (χ0n) is 12.9. The first kappa shape index (κ1) is 15.3. The van der Waals surface area contributed by atoms with Gasteiger partial charge in [0, 0.05) is 19.0 Å². The minimum absolute atomic E-state index is 0.255. The molecule has 2 atom stereocenters. The van der Waals surface area contributed by atoms with Gasteiger partial charge in [0.05, 0.1) is 12.7 Å². The first-order valence-corrected chi connectivity index (χ1v) is 7.82. The number of aliphatic hydroxyl groups excluding tert-OH is 1. The number of aliphatic hydroxyl groups is 1. The van der Waals surface area contributed by atoms with E-state index >= 15 is 0 Å². The van der Waals surface area contributed by atoms with Gasteiger partial charge >= 0.3 is 0 Å². The molecule has 1 heterocycles. The first-order valence-electron chi connectivity index (χ1n) is 7.82. The van der Waals surface area contributed by atoms with Crippen LogP contribution in [-0.2, 0) is 6.42 Å². The summed E-state index contributed by atoms with van der Waals surface area (Å²) in [5, 5.41) is 13.6. The van der Waals surface area contributed by atoms with Gasteiger partial charge in [0.1, 0.15) is 5.75 Å². The molecule has 1 aromatic rings. The summed E-state index contributed by atoms with van der Waals surface area (Å²) in [6.07, 6.45) is 2.81. The van der Waals surface area contributed by atoms with Crippen LogP contribution in [0.15, 0.2) is 18.2 Å². The Bertz CT molecular complexity index is 429. The fraction of sp³-hybridized carbons (Fsp3) is 0.647. The average Bonchev–Trinajstić information content (AvgIpc) is 2.93. The topological polar surface area (TPSA) is 41.5 Å². The summed E-state index contributed by atoms with van der Waals surface area (Å²) in [7, 11) is 0. The molecular weight excluding hydrogens is 250 g/mol. The maximum absolute atomic E-state index is 10.2. The third-order valence-corrected chi connectivity index (χ3v) is 4.44. The van der Waals surface area contributed by atoms with Gasteiger partial charge in [0.25, 0.3) is 0 Å². The molecule has 0 saturated heterocycles. The number of rotatable bonds is 7. The SMILES string of the molecule is CCC(CC)C(O)CNC(C)c1ccc2c(c1)CCO2. The van der Waals surface area contributed by atoms with Gasteiger partial charge in [-0.15, -0.1) is 0 Å². The molecule has 0 bridgehead atoms. The average molecular weight is 277 g/mol. The first-order chi connectivity index (χ1) is 9.65. The molecule has 0 fully saturated rings. The molecule has 0 amide bonds. The minimum atomic E-state index is -0.259. The molecule has 3 heteroatoms. The van der Waals surface area contributed by atoms with Crippen molar-refractivity contribution in [2.24, 2.45) is 5.92 Å². The Morgan fingerprint density at radius 1 is 1.30 bits per heavy atom. The van der Waals surface area contributed by atoms with Crippen LogP contribution in [0.2, 0.25) is 0 Å². The third-order valence-electron chi connectivity index (χ3n) is 4.44. The Morgan fingerprint density at radius 3 is 2.75 bits per heavy atom. The van der Waals surface area contributed by atoms with Gasteiger partial charge in [-0.05, 0) is 30.0 Å². The summed E-state index contributed by atoms with van der Waals surface area (Å²) < 4.78 is 5.53. The zero-order valence-corrected chi connectivity index (χ0v) is 12.9. The Labute approximate surface area is 122 Å². The third kappa shape index (κ3) is 3.53. The lowest BCUT2D eigenvalue weighted by Gasteiger charge is -2.23. The second kappa shape index (κ2) is 7.09. The van der Waals surface area contributed by atoms with E-state index in [1.165, 1.54) is 11.1 Å². The number of nitrogens with one attached hydrogen (secondary N) is 1. The molecule has 2 N–H and O–H groups in total. The lowest BCUT2D eigenvalue weighted by atomic mass is 9.96. The molecule has 112 valence electrons. The van der Waals surface area contributed by atoms with Gasteiger partial charge in [-0.1, -0.05) is 38.8 Å². The van der Waals surface area contributed by atoms with E-state index in [-0.39, 0.29) is 12.1 Å². The van der Waals surface area contributed by atoms with Gasteiger partial charge in [-0.2, -0.15) is 0 Å². The molecular formula is C17H27NO2. The number of hydrogen-bond acceptors (Lipinski definition) is 3. The lowest BCUT2D eigenvalue weighted by Crippen LogP contribution is -2.33. The van der Waals surface area contributed by atoms with Gasteiger partial charge in [-0.25, -0.2) is 0 Å². The normalized spacial score (nSPS) is 16.9. The van der Waals surface area contributed by atoms with E-state index in [9.17, 15) is 5.11 Å². The predicted molar refractivity (Wildman–Crippen MR) is 82.1 cm³/mol. The van der Waals surface area contributed by atoms with E-state index in [4.69, 9.17) is 4.74 Å². The van der Waals surface area contributed by atoms with E-state index in [2.05, 4.69) is 44.3 Å². The molecule has 0 radical (unpaired) electrons. The van der Waals surface area contributed by atoms with Crippen molar-refractivity contribution >= 4 is 0 Å². The highest BCUT2D eigenvalue weighted by atomic mass is 16.5. The maximum atomic E-state index is 10.2. The Hall–Kier alpha value is -1.06. The van der Waals surface area contributed by atoms with Crippen molar-refractivity contribution in [3.8, 4) is 5.75 Å². The monoisotopic (exact) mass is 277 g/mol. The van der Waals surface area contributed by atoms with Gasteiger partial charge in [0.15, 0.2) is 0 Å². The molecule has 0 saturated carbocycles. The summed E-state index contributed by atoms with van der Waals surface area (Å²) >= 11 is 0. The number of hydrogen-bond donors (Lipinski definition) is 2. The van der Waals surface area contributed by atoms with Gasteiger partial charge < -0.3 is 15.2 Å². The van der Waals surface area contributed by atoms with Crippen LogP contribution in [0.1, 0.15) is 50.8 Å². The Balaban J connectivity index is 1.90. The highest BCUT2D eigenvalue weighted by Crippen LogP contribution is 2.28. The molecule has 2 rings (SSSR count). The van der Waals surface area contributed by atoms with Gasteiger partial charge in [0.2, 0.25) is 0 Å². The second-order valence-corrected chi connectivity index (χ2v) is 5.74. The van der Waals surface area contributed by atoms with Crippen molar-refractivity contribution in [2.75, 3.05) is 13.2 Å². The van der Waals surface area contributed by atoms with Crippen LogP contribution in [0.4, 0.5) is 0 Å².